The molecule has 0 radical (unpaired) electrons. The van der Waals surface area contributed by atoms with Gasteiger partial charge in [-0.3, -0.25) is 4.55 Å². The maximum absolute atomic E-state index is 11.4. The predicted octanol–water partition coefficient (Wildman–Crippen LogP) is 4.00. The Labute approximate surface area is 118 Å². The standard InChI is InChI=1S/C14H9BrO3S/c15-13-8-12-10(9-4-1-2-5-11(9)13)6-3-7-14(12)19(16,17)18/h1-8H,(H,16,17,18). The molecule has 96 valence electrons. The second-order valence-corrected chi connectivity index (χ2v) is 6.47. The maximum atomic E-state index is 11.4. The summed E-state index contributed by atoms with van der Waals surface area (Å²) in [5.74, 6) is 0. The summed E-state index contributed by atoms with van der Waals surface area (Å²) in [5.41, 5.74) is 0. The molecule has 0 aliphatic carbocycles. The van der Waals surface area contributed by atoms with E-state index in [1.807, 2.05) is 30.3 Å². The lowest BCUT2D eigenvalue weighted by Gasteiger charge is -2.09. The molecule has 3 aromatic carbocycles. The maximum Gasteiger partial charge on any atom is 0.295 e. The van der Waals surface area contributed by atoms with Crippen molar-refractivity contribution in [1.29, 1.82) is 0 Å². The van der Waals surface area contributed by atoms with Crippen LogP contribution < -0.4 is 0 Å². The summed E-state index contributed by atoms with van der Waals surface area (Å²) in [5, 5.41) is 3.25. The minimum absolute atomic E-state index is 0.0727. The lowest BCUT2D eigenvalue weighted by atomic mass is 10.0. The van der Waals surface area contributed by atoms with Gasteiger partial charge in [0.05, 0.1) is 0 Å². The summed E-state index contributed by atoms with van der Waals surface area (Å²) in [7, 11) is -4.24. The Hall–Kier alpha value is -1.43. The molecule has 0 spiro atoms. The fraction of sp³-hybridized carbons (Fsp3) is 0. The minimum Gasteiger partial charge on any atom is -0.282 e. The molecular formula is C14H9BrO3S. The van der Waals surface area contributed by atoms with Gasteiger partial charge in [0.25, 0.3) is 10.1 Å². The smallest absolute Gasteiger partial charge is 0.282 e. The van der Waals surface area contributed by atoms with Gasteiger partial charge in [0.1, 0.15) is 4.90 Å². The van der Waals surface area contributed by atoms with Gasteiger partial charge in [-0.2, -0.15) is 8.42 Å². The van der Waals surface area contributed by atoms with Crippen LogP contribution in [-0.2, 0) is 10.1 Å². The molecule has 0 heterocycles. The highest BCUT2D eigenvalue weighted by atomic mass is 79.9. The molecule has 0 saturated carbocycles. The molecular weight excluding hydrogens is 328 g/mol. The van der Waals surface area contributed by atoms with Crippen molar-refractivity contribution in [2.45, 2.75) is 4.90 Å². The molecule has 0 aliphatic rings. The molecule has 3 nitrogen and oxygen atoms in total. The van der Waals surface area contributed by atoms with Crippen molar-refractivity contribution in [2.75, 3.05) is 0 Å². The van der Waals surface area contributed by atoms with Crippen molar-refractivity contribution < 1.29 is 13.0 Å². The van der Waals surface area contributed by atoms with E-state index in [0.29, 0.717) is 5.39 Å². The van der Waals surface area contributed by atoms with Crippen molar-refractivity contribution >= 4 is 47.6 Å². The van der Waals surface area contributed by atoms with Gasteiger partial charge in [0.15, 0.2) is 0 Å². The van der Waals surface area contributed by atoms with Crippen LogP contribution in [0.1, 0.15) is 0 Å². The first-order valence-corrected chi connectivity index (χ1v) is 7.79. The summed E-state index contributed by atoms with van der Waals surface area (Å²) in [6, 6.07) is 14.3. The first-order valence-electron chi connectivity index (χ1n) is 5.56. The molecule has 0 fully saturated rings. The van der Waals surface area contributed by atoms with Crippen LogP contribution in [0.25, 0.3) is 21.5 Å². The van der Waals surface area contributed by atoms with Crippen molar-refractivity contribution in [3.63, 3.8) is 0 Å². The molecule has 0 unspecified atom stereocenters. The van der Waals surface area contributed by atoms with Gasteiger partial charge in [-0.1, -0.05) is 52.3 Å². The predicted molar refractivity (Wildman–Crippen MR) is 79.0 cm³/mol. The lowest BCUT2D eigenvalue weighted by molar-refractivity contribution is 0.484. The molecule has 0 amide bonds. The summed E-state index contributed by atoms with van der Waals surface area (Å²) in [4.78, 5) is -0.0727. The third kappa shape index (κ3) is 2.04. The number of benzene rings is 3. The highest BCUT2D eigenvalue weighted by Crippen LogP contribution is 2.34. The van der Waals surface area contributed by atoms with E-state index in [9.17, 15) is 13.0 Å². The molecule has 3 aromatic rings. The van der Waals surface area contributed by atoms with Crippen LogP contribution in [0.4, 0.5) is 0 Å². The minimum atomic E-state index is -4.24. The third-order valence-electron chi connectivity index (χ3n) is 3.09. The number of halogens is 1. The Kier molecular flexibility index (Phi) is 2.85. The molecule has 0 atom stereocenters. The second kappa shape index (κ2) is 4.30. The van der Waals surface area contributed by atoms with Gasteiger partial charge in [-0.05, 0) is 28.3 Å². The van der Waals surface area contributed by atoms with E-state index >= 15 is 0 Å². The van der Waals surface area contributed by atoms with Crippen LogP contribution in [0.2, 0.25) is 0 Å². The van der Waals surface area contributed by atoms with Gasteiger partial charge in [0.2, 0.25) is 0 Å². The quantitative estimate of drug-likeness (QED) is 0.539. The van der Waals surface area contributed by atoms with Gasteiger partial charge in [0, 0.05) is 9.86 Å². The Morgan fingerprint density at radius 1 is 0.842 bits per heavy atom. The zero-order chi connectivity index (χ0) is 13.6. The Balaban J connectivity index is 2.61. The highest BCUT2D eigenvalue weighted by molar-refractivity contribution is 9.10. The van der Waals surface area contributed by atoms with Crippen LogP contribution in [0.5, 0.6) is 0 Å². The fourth-order valence-electron chi connectivity index (χ4n) is 2.28. The van der Waals surface area contributed by atoms with Gasteiger partial charge in [-0.25, -0.2) is 0 Å². The fourth-order valence-corrected chi connectivity index (χ4v) is 3.56. The number of fused-ring (bicyclic) bond motifs is 3. The highest BCUT2D eigenvalue weighted by Gasteiger charge is 2.15. The molecule has 19 heavy (non-hydrogen) atoms. The van der Waals surface area contributed by atoms with Crippen LogP contribution in [-0.4, -0.2) is 13.0 Å². The topological polar surface area (TPSA) is 54.4 Å². The molecule has 0 bridgehead atoms. The van der Waals surface area contributed by atoms with Crippen LogP contribution in [0.3, 0.4) is 0 Å². The van der Waals surface area contributed by atoms with Crippen LogP contribution in [0.15, 0.2) is 57.9 Å². The molecule has 0 saturated heterocycles. The van der Waals surface area contributed by atoms with E-state index in [0.717, 1.165) is 20.6 Å². The van der Waals surface area contributed by atoms with Crippen LogP contribution >= 0.6 is 15.9 Å². The zero-order valence-electron chi connectivity index (χ0n) is 9.67. The average Bonchev–Trinajstić information content (AvgIpc) is 2.37. The number of hydrogen-bond acceptors (Lipinski definition) is 2. The third-order valence-corrected chi connectivity index (χ3v) is 4.66. The van der Waals surface area contributed by atoms with Gasteiger partial charge in [-0.15, -0.1) is 0 Å². The first kappa shape index (κ1) is 12.6. The first-order chi connectivity index (χ1) is 8.98. The summed E-state index contributed by atoms with van der Waals surface area (Å²) in [6.45, 7) is 0. The van der Waals surface area contributed by atoms with Gasteiger partial charge >= 0.3 is 0 Å². The summed E-state index contributed by atoms with van der Waals surface area (Å²) >= 11 is 3.44. The van der Waals surface area contributed by atoms with Crippen LogP contribution in [0, 0.1) is 0 Å². The molecule has 3 rings (SSSR count). The normalized spacial score (nSPS) is 12.1. The van der Waals surface area contributed by atoms with E-state index in [1.165, 1.54) is 6.07 Å². The summed E-state index contributed by atoms with van der Waals surface area (Å²) in [6.07, 6.45) is 0. The average molecular weight is 337 g/mol. The van der Waals surface area contributed by atoms with Crippen molar-refractivity contribution in [3.05, 3.63) is 53.0 Å². The Morgan fingerprint density at radius 3 is 2.11 bits per heavy atom. The second-order valence-electron chi connectivity index (χ2n) is 4.23. The van der Waals surface area contributed by atoms with E-state index in [2.05, 4.69) is 15.9 Å². The Morgan fingerprint density at radius 2 is 1.42 bits per heavy atom. The van der Waals surface area contributed by atoms with E-state index in [-0.39, 0.29) is 4.90 Å². The molecule has 0 aromatic heterocycles. The SMILES string of the molecule is O=S(=O)(O)c1cccc2c1cc(Br)c1ccccc12. The lowest BCUT2D eigenvalue weighted by Crippen LogP contribution is -1.99. The van der Waals surface area contributed by atoms with Crippen molar-refractivity contribution in [3.8, 4) is 0 Å². The van der Waals surface area contributed by atoms with Crippen molar-refractivity contribution in [1.82, 2.24) is 0 Å². The largest absolute Gasteiger partial charge is 0.295 e. The molecule has 5 heteroatoms. The van der Waals surface area contributed by atoms with E-state index in [1.54, 1.807) is 12.1 Å². The number of hydrogen-bond donors (Lipinski definition) is 1. The van der Waals surface area contributed by atoms with E-state index in [4.69, 9.17) is 0 Å². The monoisotopic (exact) mass is 336 g/mol. The van der Waals surface area contributed by atoms with E-state index < -0.39 is 10.1 Å². The zero-order valence-corrected chi connectivity index (χ0v) is 12.1. The number of rotatable bonds is 1. The molecule has 1 N–H and O–H groups in total. The van der Waals surface area contributed by atoms with Gasteiger partial charge < -0.3 is 0 Å². The Bertz CT molecular complexity index is 901. The van der Waals surface area contributed by atoms with Crippen molar-refractivity contribution in [2.24, 2.45) is 0 Å². The summed E-state index contributed by atoms with van der Waals surface area (Å²) < 4.78 is 33.0. The molecule has 0 aliphatic heterocycles.